The Labute approximate surface area is 179 Å². The second kappa shape index (κ2) is 9.72. The molecule has 0 bridgehead atoms. The predicted molar refractivity (Wildman–Crippen MR) is 118 cm³/mol. The average Bonchev–Trinajstić information content (AvgIpc) is 3.28. The highest BCUT2D eigenvalue weighted by Gasteiger charge is 2.25. The maximum absolute atomic E-state index is 12.8. The predicted octanol–water partition coefficient (Wildman–Crippen LogP) is 4.91. The van der Waals surface area contributed by atoms with Gasteiger partial charge in [-0.15, -0.1) is 11.3 Å². The first-order valence-electron chi connectivity index (χ1n) is 9.39. The molecule has 0 saturated heterocycles. The molecular weight excluding hydrogens is 398 g/mol. The SMILES string of the molecule is CC(C)C(Oc1ccccc1C#N)C(=O)Nc1ccc(NC(=O)c2cccs2)cc1. The third-order valence-corrected chi connectivity index (χ3v) is 5.15. The number of nitrogens with zero attached hydrogens (tertiary/aromatic N) is 1. The van der Waals surface area contributed by atoms with Gasteiger partial charge in [0.25, 0.3) is 11.8 Å². The summed E-state index contributed by atoms with van der Waals surface area (Å²) in [6.45, 7) is 3.75. The van der Waals surface area contributed by atoms with Crippen molar-refractivity contribution in [3.05, 3.63) is 76.5 Å². The Balaban J connectivity index is 1.66. The van der Waals surface area contributed by atoms with Gasteiger partial charge in [-0.05, 0) is 53.8 Å². The Morgan fingerprint density at radius 1 is 0.967 bits per heavy atom. The molecule has 0 radical (unpaired) electrons. The van der Waals surface area contributed by atoms with Crippen molar-refractivity contribution in [3.63, 3.8) is 0 Å². The lowest BCUT2D eigenvalue weighted by Crippen LogP contribution is -2.37. The first-order valence-corrected chi connectivity index (χ1v) is 10.3. The first kappa shape index (κ1) is 21.1. The van der Waals surface area contributed by atoms with E-state index in [0.29, 0.717) is 27.6 Å². The molecule has 0 aliphatic heterocycles. The monoisotopic (exact) mass is 419 g/mol. The van der Waals surface area contributed by atoms with E-state index in [0.717, 1.165) is 0 Å². The van der Waals surface area contributed by atoms with Crippen LogP contribution in [0.2, 0.25) is 0 Å². The van der Waals surface area contributed by atoms with Gasteiger partial charge in [0.1, 0.15) is 11.8 Å². The Hall–Kier alpha value is -3.63. The highest BCUT2D eigenvalue weighted by molar-refractivity contribution is 7.12. The summed E-state index contributed by atoms with van der Waals surface area (Å²) in [5, 5.41) is 16.7. The second-order valence-electron chi connectivity index (χ2n) is 6.89. The van der Waals surface area contributed by atoms with Gasteiger partial charge in [-0.1, -0.05) is 32.0 Å². The van der Waals surface area contributed by atoms with E-state index in [1.807, 2.05) is 25.3 Å². The number of para-hydroxylation sites is 1. The number of nitrogens with one attached hydrogen (secondary N) is 2. The number of nitriles is 1. The number of hydrogen-bond donors (Lipinski definition) is 2. The summed E-state index contributed by atoms with van der Waals surface area (Å²) >= 11 is 1.37. The topological polar surface area (TPSA) is 91.2 Å². The van der Waals surface area contributed by atoms with Crippen LogP contribution in [0.25, 0.3) is 0 Å². The zero-order valence-electron chi connectivity index (χ0n) is 16.6. The normalized spacial score (nSPS) is 11.4. The van der Waals surface area contributed by atoms with Gasteiger partial charge in [-0.25, -0.2) is 0 Å². The van der Waals surface area contributed by atoms with Crippen LogP contribution in [-0.2, 0) is 4.79 Å². The van der Waals surface area contributed by atoms with Crippen LogP contribution < -0.4 is 15.4 Å². The molecule has 0 spiro atoms. The van der Waals surface area contributed by atoms with Crippen LogP contribution in [-0.4, -0.2) is 17.9 Å². The van der Waals surface area contributed by atoms with Crippen LogP contribution in [0.3, 0.4) is 0 Å². The van der Waals surface area contributed by atoms with Gasteiger partial charge in [0.2, 0.25) is 0 Å². The molecular formula is C23H21N3O3S. The van der Waals surface area contributed by atoms with Crippen molar-refractivity contribution in [2.75, 3.05) is 10.6 Å². The van der Waals surface area contributed by atoms with E-state index in [2.05, 4.69) is 16.7 Å². The molecule has 2 aromatic carbocycles. The molecule has 2 N–H and O–H groups in total. The van der Waals surface area contributed by atoms with Gasteiger partial charge in [-0.2, -0.15) is 5.26 Å². The fourth-order valence-corrected chi connectivity index (χ4v) is 3.36. The van der Waals surface area contributed by atoms with Crippen molar-refractivity contribution in [2.24, 2.45) is 5.92 Å². The molecule has 1 atom stereocenters. The van der Waals surface area contributed by atoms with Crippen molar-refractivity contribution in [1.29, 1.82) is 5.26 Å². The average molecular weight is 420 g/mol. The lowest BCUT2D eigenvalue weighted by atomic mass is 10.1. The Bertz CT molecular complexity index is 1050. The van der Waals surface area contributed by atoms with Crippen molar-refractivity contribution in [2.45, 2.75) is 20.0 Å². The standard InChI is InChI=1S/C23H21N3O3S/c1-15(2)21(29-19-7-4-3-6-16(19)14-24)23(28)26-18-11-9-17(10-12-18)25-22(27)20-8-5-13-30-20/h3-13,15,21H,1-2H3,(H,25,27)(H,26,28). The van der Waals surface area contributed by atoms with E-state index < -0.39 is 6.10 Å². The number of amides is 2. The van der Waals surface area contributed by atoms with Crippen LogP contribution in [0, 0.1) is 17.2 Å². The highest BCUT2D eigenvalue weighted by atomic mass is 32.1. The van der Waals surface area contributed by atoms with Gasteiger partial charge >= 0.3 is 0 Å². The number of anilines is 2. The van der Waals surface area contributed by atoms with E-state index in [-0.39, 0.29) is 17.7 Å². The lowest BCUT2D eigenvalue weighted by molar-refractivity contribution is -0.124. The lowest BCUT2D eigenvalue weighted by Gasteiger charge is -2.22. The number of ether oxygens (including phenoxy) is 1. The van der Waals surface area contributed by atoms with Crippen LogP contribution in [0.5, 0.6) is 5.75 Å². The molecule has 152 valence electrons. The van der Waals surface area contributed by atoms with Crippen LogP contribution in [0.4, 0.5) is 11.4 Å². The van der Waals surface area contributed by atoms with Gasteiger partial charge in [-0.3, -0.25) is 9.59 Å². The Morgan fingerprint density at radius 2 is 1.63 bits per heavy atom. The zero-order chi connectivity index (χ0) is 21.5. The number of hydrogen-bond acceptors (Lipinski definition) is 5. The smallest absolute Gasteiger partial charge is 0.265 e. The summed E-state index contributed by atoms with van der Waals surface area (Å²) in [4.78, 5) is 25.5. The number of benzene rings is 2. The van der Waals surface area contributed by atoms with Crippen molar-refractivity contribution in [3.8, 4) is 11.8 Å². The summed E-state index contributed by atoms with van der Waals surface area (Å²) < 4.78 is 5.86. The number of rotatable bonds is 7. The summed E-state index contributed by atoms with van der Waals surface area (Å²) in [6.07, 6.45) is -0.766. The zero-order valence-corrected chi connectivity index (χ0v) is 17.4. The Morgan fingerprint density at radius 3 is 2.23 bits per heavy atom. The maximum atomic E-state index is 12.8. The van der Waals surface area contributed by atoms with E-state index in [9.17, 15) is 14.9 Å². The van der Waals surface area contributed by atoms with Gasteiger partial charge < -0.3 is 15.4 Å². The Kier molecular flexibility index (Phi) is 6.83. The summed E-state index contributed by atoms with van der Waals surface area (Å²) in [5.74, 6) is -0.221. The van der Waals surface area contributed by atoms with Crippen LogP contribution in [0.1, 0.15) is 29.1 Å². The fourth-order valence-electron chi connectivity index (χ4n) is 2.74. The maximum Gasteiger partial charge on any atom is 0.265 e. The van der Waals surface area contributed by atoms with Crippen LogP contribution >= 0.6 is 11.3 Å². The fraction of sp³-hybridized carbons (Fsp3) is 0.174. The highest BCUT2D eigenvalue weighted by Crippen LogP contribution is 2.22. The van der Waals surface area contributed by atoms with Crippen molar-refractivity contribution in [1.82, 2.24) is 0 Å². The minimum absolute atomic E-state index is 0.110. The van der Waals surface area contributed by atoms with E-state index >= 15 is 0 Å². The molecule has 0 aliphatic rings. The van der Waals surface area contributed by atoms with Crippen molar-refractivity contribution < 1.29 is 14.3 Å². The van der Waals surface area contributed by atoms with E-state index in [4.69, 9.17) is 4.74 Å². The molecule has 1 heterocycles. The molecule has 30 heavy (non-hydrogen) atoms. The van der Waals surface area contributed by atoms with E-state index in [1.165, 1.54) is 11.3 Å². The summed E-state index contributed by atoms with van der Waals surface area (Å²) in [5.41, 5.74) is 1.59. The van der Waals surface area contributed by atoms with Gasteiger partial charge in [0.15, 0.2) is 6.10 Å². The molecule has 0 aliphatic carbocycles. The van der Waals surface area contributed by atoms with Crippen molar-refractivity contribution >= 4 is 34.5 Å². The molecule has 0 fully saturated rings. The largest absolute Gasteiger partial charge is 0.479 e. The second-order valence-corrected chi connectivity index (χ2v) is 7.84. The van der Waals surface area contributed by atoms with Gasteiger partial charge in [0, 0.05) is 11.4 Å². The first-order chi connectivity index (χ1) is 14.5. The van der Waals surface area contributed by atoms with Gasteiger partial charge in [0.05, 0.1) is 10.4 Å². The number of carbonyl (C=O) groups is 2. The number of thiophene rings is 1. The minimum atomic E-state index is -0.766. The van der Waals surface area contributed by atoms with Crippen LogP contribution in [0.15, 0.2) is 66.0 Å². The number of carbonyl (C=O) groups excluding carboxylic acids is 2. The molecule has 1 aromatic heterocycles. The molecule has 2 amide bonds. The molecule has 3 rings (SSSR count). The third-order valence-electron chi connectivity index (χ3n) is 4.28. The molecule has 0 saturated carbocycles. The quantitative estimate of drug-likeness (QED) is 0.569. The molecule has 1 unspecified atom stereocenters. The minimum Gasteiger partial charge on any atom is -0.479 e. The molecule has 7 heteroatoms. The summed E-state index contributed by atoms with van der Waals surface area (Å²) in [6, 6.07) is 19.3. The molecule has 3 aromatic rings. The van der Waals surface area contributed by atoms with E-state index in [1.54, 1.807) is 54.6 Å². The molecule has 6 nitrogen and oxygen atoms in total. The third kappa shape index (κ3) is 5.25. The summed E-state index contributed by atoms with van der Waals surface area (Å²) in [7, 11) is 0.